The number of halogens is 2. The molecule has 1 aliphatic heterocycles. The van der Waals surface area contributed by atoms with E-state index in [9.17, 15) is 16.8 Å². The molecule has 1 aliphatic rings. The van der Waals surface area contributed by atoms with Crippen molar-refractivity contribution in [2.45, 2.75) is 30.7 Å². The first-order chi connectivity index (χ1) is 10.2. The highest BCUT2D eigenvalue weighted by atomic mass is 35.5. The quantitative estimate of drug-likeness (QED) is 0.780. The zero-order chi connectivity index (χ0) is 16.5. The third-order valence-corrected chi connectivity index (χ3v) is 7.96. The second-order valence-corrected chi connectivity index (χ2v) is 10.2. The molecule has 0 saturated carbocycles. The van der Waals surface area contributed by atoms with Gasteiger partial charge in [-0.1, -0.05) is 30.1 Å². The fraction of sp³-hybridized carbons (Fsp3) is 0.538. The van der Waals surface area contributed by atoms with Gasteiger partial charge in [0, 0.05) is 17.6 Å². The number of nitrogens with zero attached hydrogens (tertiary/aromatic N) is 1. The summed E-state index contributed by atoms with van der Waals surface area (Å²) in [5.74, 6) is -0.138. The Morgan fingerprint density at radius 2 is 2.00 bits per heavy atom. The topological polar surface area (TPSA) is 71.5 Å². The highest BCUT2D eigenvalue weighted by Crippen LogP contribution is 2.31. The Morgan fingerprint density at radius 3 is 2.55 bits per heavy atom. The fourth-order valence-corrected chi connectivity index (χ4v) is 6.83. The van der Waals surface area contributed by atoms with Crippen LogP contribution in [0.15, 0.2) is 23.1 Å². The molecule has 2 rings (SSSR count). The molecule has 1 unspecified atom stereocenters. The minimum atomic E-state index is -3.90. The van der Waals surface area contributed by atoms with Crippen molar-refractivity contribution in [2.24, 2.45) is 0 Å². The van der Waals surface area contributed by atoms with Gasteiger partial charge in [0.1, 0.15) is 4.90 Å². The first kappa shape index (κ1) is 18.0. The largest absolute Gasteiger partial charge is 0.244 e. The van der Waals surface area contributed by atoms with Crippen LogP contribution in [-0.4, -0.2) is 45.2 Å². The molecule has 1 aromatic rings. The maximum atomic E-state index is 12.9. The maximum absolute atomic E-state index is 12.9. The normalized spacial score (nSPS) is 21.4. The molecule has 0 bridgehead atoms. The second kappa shape index (κ2) is 6.65. The summed E-state index contributed by atoms with van der Waals surface area (Å²) < 4.78 is 50.3. The smallest absolute Gasteiger partial charge is 0.229 e. The van der Waals surface area contributed by atoms with Crippen molar-refractivity contribution < 1.29 is 16.8 Å². The van der Waals surface area contributed by atoms with Crippen LogP contribution >= 0.6 is 23.2 Å². The molecular formula is C13H17Cl2NO4S2. The highest BCUT2D eigenvalue weighted by Gasteiger charge is 2.39. The Morgan fingerprint density at radius 1 is 1.32 bits per heavy atom. The zero-order valence-corrected chi connectivity index (χ0v) is 15.1. The second-order valence-electron chi connectivity index (χ2n) is 5.25. The average Bonchev–Trinajstić information content (AvgIpc) is 2.78. The van der Waals surface area contributed by atoms with E-state index in [1.165, 1.54) is 22.5 Å². The highest BCUT2D eigenvalue weighted by molar-refractivity contribution is 7.92. The molecule has 22 heavy (non-hydrogen) atoms. The lowest BCUT2D eigenvalue weighted by molar-refractivity contribution is 0.340. The Hall–Kier alpha value is -0.340. The number of rotatable bonds is 5. The van der Waals surface area contributed by atoms with Gasteiger partial charge in [-0.15, -0.1) is 0 Å². The summed E-state index contributed by atoms with van der Waals surface area (Å²) in [5, 5.41) is 0.338. The minimum Gasteiger partial charge on any atom is -0.229 e. The van der Waals surface area contributed by atoms with Gasteiger partial charge in [-0.2, -0.15) is 4.31 Å². The van der Waals surface area contributed by atoms with E-state index in [1.807, 2.05) is 6.92 Å². The molecule has 124 valence electrons. The summed E-state index contributed by atoms with van der Waals surface area (Å²) >= 11 is 11.9. The number of benzene rings is 1. The third-order valence-electron chi connectivity index (χ3n) is 3.54. The molecule has 0 N–H and O–H groups in total. The molecule has 9 heteroatoms. The first-order valence-electron chi connectivity index (χ1n) is 6.84. The van der Waals surface area contributed by atoms with Crippen molar-refractivity contribution in [3.63, 3.8) is 0 Å². The van der Waals surface area contributed by atoms with Crippen molar-refractivity contribution in [3.8, 4) is 0 Å². The predicted octanol–water partition coefficient (Wildman–Crippen LogP) is 2.58. The average molecular weight is 386 g/mol. The number of hydrogen-bond donors (Lipinski definition) is 0. The molecular weight excluding hydrogens is 369 g/mol. The molecule has 0 radical (unpaired) electrons. The summed E-state index contributed by atoms with van der Waals surface area (Å²) in [6, 6.07) is 3.68. The Kier molecular flexibility index (Phi) is 5.44. The van der Waals surface area contributed by atoms with Crippen LogP contribution in [0.3, 0.4) is 0 Å². The third kappa shape index (κ3) is 3.76. The van der Waals surface area contributed by atoms with E-state index >= 15 is 0 Å². The van der Waals surface area contributed by atoms with Gasteiger partial charge in [-0.05, 0) is 31.0 Å². The van der Waals surface area contributed by atoms with Crippen molar-refractivity contribution in [3.05, 3.63) is 28.2 Å². The van der Waals surface area contributed by atoms with Crippen LogP contribution in [0, 0.1) is 0 Å². The minimum absolute atomic E-state index is 0.0106. The number of sulfone groups is 1. The van der Waals surface area contributed by atoms with Gasteiger partial charge in [0.25, 0.3) is 0 Å². The molecule has 5 nitrogen and oxygen atoms in total. The van der Waals surface area contributed by atoms with E-state index in [4.69, 9.17) is 23.2 Å². The summed E-state index contributed by atoms with van der Waals surface area (Å²) in [5.41, 5.74) is 0. The van der Waals surface area contributed by atoms with E-state index < -0.39 is 25.9 Å². The van der Waals surface area contributed by atoms with Crippen molar-refractivity contribution >= 4 is 43.1 Å². The lowest BCUT2D eigenvalue weighted by atomic mass is 10.2. The first-order valence-corrected chi connectivity index (χ1v) is 10.9. The van der Waals surface area contributed by atoms with Crippen LogP contribution in [0.5, 0.6) is 0 Å². The van der Waals surface area contributed by atoms with E-state index in [0.717, 1.165) is 0 Å². The maximum Gasteiger partial charge on any atom is 0.244 e. The van der Waals surface area contributed by atoms with Crippen LogP contribution in [0.2, 0.25) is 10.0 Å². The predicted molar refractivity (Wildman–Crippen MR) is 87.7 cm³/mol. The van der Waals surface area contributed by atoms with Gasteiger partial charge in [0.05, 0.1) is 16.5 Å². The van der Waals surface area contributed by atoms with Crippen molar-refractivity contribution in [1.29, 1.82) is 0 Å². The lowest BCUT2D eigenvalue weighted by Crippen LogP contribution is -2.41. The van der Waals surface area contributed by atoms with E-state index in [1.54, 1.807) is 0 Å². The summed E-state index contributed by atoms with van der Waals surface area (Å²) in [4.78, 5) is -0.0839. The number of sulfonamides is 1. The SMILES string of the molecule is CCCN(C1CCS(=O)(=O)C1)S(=O)(=O)c1cc(Cl)ccc1Cl. The van der Waals surface area contributed by atoms with Gasteiger partial charge in [0.2, 0.25) is 10.0 Å². The van der Waals surface area contributed by atoms with Gasteiger partial charge < -0.3 is 0 Å². The van der Waals surface area contributed by atoms with E-state index in [2.05, 4.69) is 0 Å². The lowest BCUT2D eigenvalue weighted by Gasteiger charge is -2.27. The Bertz CT molecular complexity index is 762. The standard InChI is InChI=1S/C13H17Cl2NO4S2/c1-2-6-16(11-5-7-21(17,18)9-11)22(19,20)13-8-10(14)3-4-12(13)15/h3-4,8,11H,2,5-7,9H2,1H3. The molecule has 0 amide bonds. The molecule has 1 saturated heterocycles. The van der Waals surface area contributed by atoms with Gasteiger partial charge in [-0.3, -0.25) is 0 Å². The molecule has 0 aliphatic carbocycles. The molecule has 1 atom stereocenters. The molecule has 1 aromatic carbocycles. The van der Waals surface area contributed by atoms with E-state index in [0.29, 0.717) is 12.8 Å². The van der Waals surface area contributed by atoms with Gasteiger partial charge >= 0.3 is 0 Å². The van der Waals surface area contributed by atoms with Crippen LogP contribution in [-0.2, 0) is 19.9 Å². The zero-order valence-electron chi connectivity index (χ0n) is 12.0. The molecule has 0 spiro atoms. The fourth-order valence-electron chi connectivity index (χ4n) is 2.52. The van der Waals surface area contributed by atoms with Crippen molar-refractivity contribution in [2.75, 3.05) is 18.1 Å². The summed E-state index contributed by atoms with van der Waals surface area (Å²) in [6.45, 7) is 2.08. The Balaban J connectivity index is 2.45. The van der Waals surface area contributed by atoms with Crippen LogP contribution in [0.4, 0.5) is 0 Å². The van der Waals surface area contributed by atoms with Gasteiger partial charge in [-0.25, -0.2) is 16.8 Å². The van der Waals surface area contributed by atoms with Crippen LogP contribution < -0.4 is 0 Å². The Labute approximate surface area is 141 Å². The summed E-state index contributed by atoms with van der Waals surface area (Å²) in [6.07, 6.45) is 0.883. The van der Waals surface area contributed by atoms with Crippen LogP contribution in [0.1, 0.15) is 19.8 Å². The van der Waals surface area contributed by atoms with E-state index in [-0.39, 0.29) is 33.0 Å². The van der Waals surface area contributed by atoms with Crippen molar-refractivity contribution in [1.82, 2.24) is 4.31 Å². The monoisotopic (exact) mass is 385 g/mol. The molecule has 1 heterocycles. The number of hydrogen-bond acceptors (Lipinski definition) is 4. The molecule has 1 fully saturated rings. The molecule has 0 aromatic heterocycles. The van der Waals surface area contributed by atoms with Crippen LogP contribution in [0.25, 0.3) is 0 Å². The van der Waals surface area contributed by atoms with Gasteiger partial charge in [0.15, 0.2) is 9.84 Å². The summed E-state index contributed by atoms with van der Waals surface area (Å²) in [7, 11) is -7.08.